The van der Waals surface area contributed by atoms with E-state index in [9.17, 15) is 0 Å². The van der Waals surface area contributed by atoms with Gasteiger partial charge in [-0.05, 0) is 37.8 Å². The topological polar surface area (TPSA) is 60.1 Å². The van der Waals surface area contributed by atoms with Crippen LogP contribution in [0.25, 0.3) is 0 Å². The van der Waals surface area contributed by atoms with Gasteiger partial charge in [-0.25, -0.2) is 4.99 Å². The van der Waals surface area contributed by atoms with Gasteiger partial charge in [0, 0.05) is 26.3 Å². The van der Waals surface area contributed by atoms with Gasteiger partial charge in [0.05, 0.1) is 19.3 Å². The fraction of sp³-hybridized carbons (Fsp3) is 0.611. The lowest BCUT2D eigenvalue weighted by atomic mass is 10.1. The summed E-state index contributed by atoms with van der Waals surface area (Å²) in [6.45, 7) is 8.84. The average Bonchev–Trinajstić information content (AvgIpc) is 2.61. The summed E-state index contributed by atoms with van der Waals surface area (Å²) < 4.78 is 11.3. The number of halogens is 1. The van der Waals surface area contributed by atoms with E-state index in [-0.39, 0.29) is 24.0 Å². The number of rotatable bonds is 7. The van der Waals surface area contributed by atoms with Crippen LogP contribution in [0.5, 0.6) is 0 Å². The third-order valence-electron chi connectivity index (χ3n) is 4.19. The summed E-state index contributed by atoms with van der Waals surface area (Å²) >= 11 is 0. The van der Waals surface area contributed by atoms with Crippen molar-refractivity contribution in [3.63, 3.8) is 0 Å². The first-order valence-electron chi connectivity index (χ1n) is 8.55. The minimum atomic E-state index is 0. The molecule has 5 nitrogen and oxygen atoms in total. The van der Waals surface area contributed by atoms with Crippen LogP contribution in [-0.2, 0) is 22.6 Å². The smallest absolute Gasteiger partial charge is 0.191 e. The van der Waals surface area contributed by atoms with Crippen LogP contribution in [0, 0.1) is 0 Å². The Morgan fingerprint density at radius 2 is 1.75 bits per heavy atom. The Morgan fingerprint density at radius 3 is 2.33 bits per heavy atom. The Bertz CT molecular complexity index is 484. The average molecular weight is 447 g/mol. The van der Waals surface area contributed by atoms with E-state index in [2.05, 4.69) is 48.0 Å². The highest BCUT2D eigenvalue weighted by Crippen LogP contribution is 2.14. The number of benzene rings is 1. The predicted molar refractivity (Wildman–Crippen MR) is 109 cm³/mol. The maximum absolute atomic E-state index is 5.99. The second kappa shape index (κ2) is 11.7. The molecule has 2 rings (SSSR count). The van der Waals surface area contributed by atoms with Crippen molar-refractivity contribution < 1.29 is 9.47 Å². The zero-order valence-corrected chi connectivity index (χ0v) is 17.1. The molecular formula is C18H30IN3O2. The van der Waals surface area contributed by atoms with Gasteiger partial charge in [-0.1, -0.05) is 24.3 Å². The minimum Gasteiger partial charge on any atom is -0.381 e. The third kappa shape index (κ3) is 6.94. The van der Waals surface area contributed by atoms with Gasteiger partial charge < -0.3 is 20.1 Å². The molecule has 2 N–H and O–H groups in total. The number of ether oxygens (including phenoxy) is 2. The molecule has 1 saturated heterocycles. The van der Waals surface area contributed by atoms with E-state index in [0.717, 1.165) is 44.7 Å². The second-order valence-electron chi connectivity index (χ2n) is 5.79. The summed E-state index contributed by atoms with van der Waals surface area (Å²) in [6, 6.07) is 8.42. The van der Waals surface area contributed by atoms with E-state index >= 15 is 0 Å². The Morgan fingerprint density at radius 1 is 1.17 bits per heavy atom. The van der Waals surface area contributed by atoms with Crippen molar-refractivity contribution in [2.75, 3.05) is 26.3 Å². The summed E-state index contributed by atoms with van der Waals surface area (Å²) in [6.07, 6.45) is 2.33. The van der Waals surface area contributed by atoms with E-state index in [1.165, 1.54) is 5.56 Å². The van der Waals surface area contributed by atoms with Crippen LogP contribution in [0.2, 0.25) is 0 Å². The van der Waals surface area contributed by atoms with Crippen molar-refractivity contribution in [2.24, 2.45) is 10.7 Å². The number of nitrogens with two attached hydrogens (primary N) is 1. The van der Waals surface area contributed by atoms with E-state index in [1.54, 1.807) is 0 Å². The van der Waals surface area contributed by atoms with Gasteiger partial charge in [-0.15, -0.1) is 24.0 Å². The quantitative estimate of drug-likeness (QED) is 0.397. The third-order valence-corrected chi connectivity index (χ3v) is 4.19. The van der Waals surface area contributed by atoms with Gasteiger partial charge in [0.25, 0.3) is 0 Å². The van der Waals surface area contributed by atoms with Gasteiger partial charge in [0.1, 0.15) is 0 Å². The van der Waals surface area contributed by atoms with Gasteiger partial charge >= 0.3 is 0 Å². The van der Waals surface area contributed by atoms with Gasteiger partial charge in [-0.3, -0.25) is 0 Å². The molecule has 0 amide bonds. The molecule has 1 heterocycles. The lowest BCUT2D eigenvalue weighted by Gasteiger charge is -2.22. The SMILES string of the molecule is CCN(CC)C(N)=NCc1ccc(COC2CCOCC2)cc1.I. The van der Waals surface area contributed by atoms with Crippen LogP contribution < -0.4 is 5.73 Å². The molecule has 1 aliphatic heterocycles. The molecule has 0 bridgehead atoms. The molecule has 0 aliphatic carbocycles. The van der Waals surface area contributed by atoms with Crippen LogP contribution in [-0.4, -0.2) is 43.3 Å². The standard InChI is InChI=1S/C18H29N3O2.HI/c1-3-21(4-2)18(19)20-13-15-5-7-16(8-6-15)14-23-17-9-11-22-12-10-17;/h5-8,17H,3-4,9-14H2,1-2H3,(H2,19,20);1H. The van der Waals surface area contributed by atoms with Crippen molar-refractivity contribution in [1.82, 2.24) is 4.90 Å². The van der Waals surface area contributed by atoms with E-state index in [1.807, 2.05) is 0 Å². The molecule has 1 fully saturated rings. The maximum Gasteiger partial charge on any atom is 0.191 e. The molecule has 0 spiro atoms. The van der Waals surface area contributed by atoms with Crippen molar-refractivity contribution >= 4 is 29.9 Å². The molecule has 0 atom stereocenters. The van der Waals surface area contributed by atoms with Crippen LogP contribution in [0.15, 0.2) is 29.3 Å². The van der Waals surface area contributed by atoms with Gasteiger partial charge in [-0.2, -0.15) is 0 Å². The number of aliphatic imine (C=N–C) groups is 1. The molecule has 136 valence electrons. The van der Waals surface area contributed by atoms with E-state index in [4.69, 9.17) is 15.2 Å². The van der Waals surface area contributed by atoms with Crippen LogP contribution in [0.4, 0.5) is 0 Å². The fourth-order valence-corrected chi connectivity index (χ4v) is 2.62. The number of hydrogen-bond acceptors (Lipinski definition) is 3. The summed E-state index contributed by atoms with van der Waals surface area (Å²) in [4.78, 5) is 6.51. The molecule has 1 aromatic rings. The first-order chi connectivity index (χ1) is 11.2. The Balaban J connectivity index is 0.00000288. The van der Waals surface area contributed by atoms with Crippen molar-refractivity contribution in [3.8, 4) is 0 Å². The second-order valence-corrected chi connectivity index (χ2v) is 5.79. The predicted octanol–water partition coefficient (Wildman–Crippen LogP) is 3.16. The van der Waals surface area contributed by atoms with Crippen molar-refractivity contribution in [1.29, 1.82) is 0 Å². The molecule has 0 radical (unpaired) electrons. The highest BCUT2D eigenvalue weighted by Gasteiger charge is 2.13. The molecular weight excluding hydrogens is 417 g/mol. The zero-order valence-electron chi connectivity index (χ0n) is 14.7. The number of guanidine groups is 1. The normalized spacial score (nSPS) is 15.8. The summed E-state index contributed by atoms with van der Waals surface area (Å²) in [5.41, 5.74) is 8.35. The molecule has 0 aromatic heterocycles. The number of nitrogens with zero attached hydrogens (tertiary/aromatic N) is 2. The fourth-order valence-electron chi connectivity index (χ4n) is 2.62. The van der Waals surface area contributed by atoms with E-state index in [0.29, 0.717) is 25.2 Å². The summed E-state index contributed by atoms with van der Waals surface area (Å²) in [5, 5.41) is 0. The van der Waals surface area contributed by atoms with Crippen molar-refractivity contribution in [3.05, 3.63) is 35.4 Å². The highest BCUT2D eigenvalue weighted by molar-refractivity contribution is 14.0. The number of hydrogen-bond donors (Lipinski definition) is 1. The maximum atomic E-state index is 5.99. The molecule has 24 heavy (non-hydrogen) atoms. The molecule has 0 unspecified atom stereocenters. The largest absolute Gasteiger partial charge is 0.381 e. The summed E-state index contributed by atoms with van der Waals surface area (Å²) in [5.74, 6) is 0.613. The Labute approximate surface area is 162 Å². The molecule has 1 aliphatic rings. The van der Waals surface area contributed by atoms with Gasteiger partial charge in [0.15, 0.2) is 5.96 Å². The van der Waals surface area contributed by atoms with Gasteiger partial charge in [0.2, 0.25) is 0 Å². The monoisotopic (exact) mass is 447 g/mol. The minimum absolute atomic E-state index is 0. The highest BCUT2D eigenvalue weighted by atomic mass is 127. The lowest BCUT2D eigenvalue weighted by Crippen LogP contribution is -2.37. The molecule has 1 aromatic carbocycles. The first kappa shape index (κ1) is 21.2. The molecule has 0 saturated carbocycles. The summed E-state index contributed by atoms with van der Waals surface area (Å²) in [7, 11) is 0. The van der Waals surface area contributed by atoms with Crippen LogP contribution in [0.1, 0.15) is 37.8 Å². The zero-order chi connectivity index (χ0) is 16.5. The lowest BCUT2D eigenvalue weighted by molar-refractivity contribution is -0.0390. The van der Waals surface area contributed by atoms with E-state index < -0.39 is 0 Å². The first-order valence-corrected chi connectivity index (χ1v) is 8.55. The van der Waals surface area contributed by atoms with Crippen LogP contribution >= 0.6 is 24.0 Å². The Kier molecular flexibility index (Phi) is 10.3. The van der Waals surface area contributed by atoms with Crippen LogP contribution in [0.3, 0.4) is 0 Å². The Hall–Kier alpha value is -0.860. The van der Waals surface area contributed by atoms with Crippen molar-refractivity contribution in [2.45, 2.75) is 45.9 Å². The molecule has 6 heteroatoms.